The number of nitrogens with zero attached hydrogens (tertiary/aromatic N) is 1. The summed E-state index contributed by atoms with van der Waals surface area (Å²) in [4.78, 5) is 2.52. The quantitative estimate of drug-likeness (QED) is 0.818. The maximum absolute atomic E-state index is 6.19. The summed E-state index contributed by atoms with van der Waals surface area (Å²) in [5.41, 5.74) is 9.21. The van der Waals surface area contributed by atoms with E-state index >= 15 is 0 Å². The Hall–Kier alpha value is -1.02. The molecule has 2 heteroatoms. The van der Waals surface area contributed by atoms with Crippen LogP contribution in [-0.2, 0) is 0 Å². The van der Waals surface area contributed by atoms with Gasteiger partial charge in [0.15, 0.2) is 0 Å². The second kappa shape index (κ2) is 7.12. The van der Waals surface area contributed by atoms with Gasteiger partial charge >= 0.3 is 0 Å². The predicted octanol–water partition coefficient (Wildman–Crippen LogP) is 4.12. The summed E-state index contributed by atoms with van der Waals surface area (Å²) in [5.74, 6) is 0. The zero-order valence-corrected chi connectivity index (χ0v) is 13.2. The zero-order chi connectivity index (χ0) is 14.4. The van der Waals surface area contributed by atoms with E-state index in [1.807, 2.05) is 0 Å². The molecule has 0 atom stereocenters. The van der Waals surface area contributed by atoms with Crippen LogP contribution in [0, 0.1) is 12.3 Å². The van der Waals surface area contributed by atoms with Gasteiger partial charge in [-0.2, -0.15) is 0 Å². The molecule has 0 bridgehead atoms. The summed E-state index contributed by atoms with van der Waals surface area (Å²) in [6.45, 7) is 7.43. The molecule has 0 saturated heterocycles. The molecule has 0 unspecified atom stereocenters. The Labute approximate surface area is 124 Å². The number of benzene rings is 1. The molecule has 0 amide bonds. The van der Waals surface area contributed by atoms with Gasteiger partial charge < -0.3 is 10.6 Å². The van der Waals surface area contributed by atoms with Crippen molar-refractivity contribution < 1.29 is 0 Å². The Balaban J connectivity index is 2.14. The lowest BCUT2D eigenvalue weighted by Gasteiger charge is -2.38. The summed E-state index contributed by atoms with van der Waals surface area (Å²) in [7, 11) is 0. The van der Waals surface area contributed by atoms with Crippen molar-refractivity contribution in [1.82, 2.24) is 0 Å². The summed E-state index contributed by atoms with van der Waals surface area (Å²) in [5, 5.41) is 0. The highest BCUT2D eigenvalue weighted by Crippen LogP contribution is 2.36. The number of rotatable bonds is 5. The van der Waals surface area contributed by atoms with Crippen LogP contribution in [0.1, 0.15) is 51.0 Å². The van der Waals surface area contributed by atoms with E-state index in [2.05, 4.69) is 43.0 Å². The first kappa shape index (κ1) is 15.4. The minimum absolute atomic E-state index is 0.330. The number of anilines is 1. The third-order valence-electron chi connectivity index (χ3n) is 4.87. The van der Waals surface area contributed by atoms with Gasteiger partial charge in [0.2, 0.25) is 0 Å². The Morgan fingerprint density at radius 2 is 1.85 bits per heavy atom. The molecule has 1 aromatic rings. The van der Waals surface area contributed by atoms with Gasteiger partial charge in [-0.15, -0.1) is 0 Å². The normalized spacial score (nSPS) is 18.6. The first-order chi connectivity index (χ1) is 9.69. The Morgan fingerprint density at radius 3 is 2.40 bits per heavy atom. The van der Waals surface area contributed by atoms with Gasteiger partial charge in [0.05, 0.1) is 0 Å². The fraction of sp³-hybridized carbons (Fsp3) is 0.667. The predicted molar refractivity (Wildman–Crippen MR) is 88.3 cm³/mol. The Bertz CT molecular complexity index is 406. The highest BCUT2D eigenvalue weighted by molar-refractivity contribution is 5.48. The molecule has 20 heavy (non-hydrogen) atoms. The largest absolute Gasteiger partial charge is 0.371 e. The molecular formula is C18H30N2. The summed E-state index contributed by atoms with van der Waals surface area (Å²) >= 11 is 0. The number of hydrogen-bond donors (Lipinski definition) is 1. The molecule has 1 fully saturated rings. The molecule has 2 nitrogen and oxygen atoms in total. The van der Waals surface area contributed by atoms with E-state index in [4.69, 9.17) is 5.73 Å². The molecule has 1 saturated carbocycles. The van der Waals surface area contributed by atoms with E-state index in [-0.39, 0.29) is 0 Å². The molecule has 0 spiro atoms. The van der Waals surface area contributed by atoms with Gasteiger partial charge in [-0.3, -0.25) is 0 Å². The third kappa shape index (κ3) is 3.76. The van der Waals surface area contributed by atoms with Crippen LogP contribution in [0.4, 0.5) is 5.69 Å². The van der Waals surface area contributed by atoms with Crippen molar-refractivity contribution >= 4 is 5.69 Å². The highest BCUT2D eigenvalue weighted by atomic mass is 15.1. The lowest BCUT2D eigenvalue weighted by atomic mass is 9.79. The van der Waals surface area contributed by atoms with Crippen LogP contribution < -0.4 is 10.6 Å². The molecule has 1 aromatic carbocycles. The lowest BCUT2D eigenvalue weighted by molar-refractivity contribution is 0.259. The number of aryl methyl sites for hydroxylation is 1. The summed E-state index contributed by atoms with van der Waals surface area (Å²) < 4.78 is 0. The molecule has 2 N–H and O–H groups in total. The first-order valence-electron chi connectivity index (χ1n) is 8.21. The molecule has 2 rings (SSSR count). The average Bonchev–Trinajstić information content (AvgIpc) is 2.71. The SMILES string of the molecule is CCN(CC1(CN)CCCCCC1)c1cccc(C)c1. The standard InChI is InChI=1S/C18H30N2/c1-3-20(17-10-8-9-16(2)13-17)15-18(14-19)11-6-4-5-7-12-18/h8-10,13H,3-7,11-12,14-15,19H2,1-2H3. The molecule has 0 aromatic heterocycles. The van der Waals surface area contributed by atoms with E-state index in [9.17, 15) is 0 Å². The molecule has 1 aliphatic carbocycles. The molecule has 1 aliphatic rings. The van der Waals surface area contributed by atoms with Crippen molar-refractivity contribution in [2.24, 2.45) is 11.1 Å². The van der Waals surface area contributed by atoms with Gasteiger partial charge in [0, 0.05) is 24.2 Å². The molecular weight excluding hydrogens is 244 g/mol. The third-order valence-corrected chi connectivity index (χ3v) is 4.87. The van der Waals surface area contributed by atoms with Crippen molar-refractivity contribution in [1.29, 1.82) is 0 Å². The van der Waals surface area contributed by atoms with Gasteiger partial charge in [-0.05, 0) is 50.9 Å². The zero-order valence-electron chi connectivity index (χ0n) is 13.2. The van der Waals surface area contributed by atoms with Gasteiger partial charge in [0.1, 0.15) is 0 Å². The lowest BCUT2D eigenvalue weighted by Crippen LogP contribution is -2.42. The van der Waals surface area contributed by atoms with E-state index < -0.39 is 0 Å². The average molecular weight is 274 g/mol. The number of nitrogens with two attached hydrogens (primary N) is 1. The van der Waals surface area contributed by atoms with E-state index in [1.54, 1.807) is 0 Å². The minimum atomic E-state index is 0.330. The Morgan fingerprint density at radius 1 is 1.15 bits per heavy atom. The van der Waals surface area contributed by atoms with Crippen molar-refractivity contribution in [3.63, 3.8) is 0 Å². The highest BCUT2D eigenvalue weighted by Gasteiger charge is 2.31. The van der Waals surface area contributed by atoms with Crippen LogP contribution in [0.5, 0.6) is 0 Å². The number of hydrogen-bond acceptors (Lipinski definition) is 2. The molecule has 0 radical (unpaired) electrons. The second-order valence-corrected chi connectivity index (χ2v) is 6.47. The van der Waals surface area contributed by atoms with Gasteiger partial charge in [0.25, 0.3) is 0 Å². The smallest absolute Gasteiger partial charge is 0.0368 e. The molecule has 0 aliphatic heterocycles. The van der Waals surface area contributed by atoms with Crippen LogP contribution in [0.15, 0.2) is 24.3 Å². The molecule has 0 heterocycles. The fourth-order valence-electron chi connectivity index (χ4n) is 3.52. The summed E-state index contributed by atoms with van der Waals surface area (Å²) in [6.07, 6.45) is 8.07. The Kier molecular flexibility index (Phi) is 5.47. The van der Waals surface area contributed by atoms with Crippen molar-refractivity contribution in [2.75, 3.05) is 24.5 Å². The molecule has 112 valence electrons. The van der Waals surface area contributed by atoms with Crippen molar-refractivity contribution in [3.05, 3.63) is 29.8 Å². The summed E-state index contributed by atoms with van der Waals surface area (Å²) in [6, 6.07) is 8.86. The van der Waals surface area contributed by atoms with Crippen LogP contribution in [0.2, 0.25) is 0 Å². The van der Waals surface area contributed by atoms with Crippen LogP contribution in [0.3, 0.4) is 0 Å². The van der Waals surface area contributed by atoms with E-state index in [1.165, 1.54) is 49.8 Å². The van der Waals surface area contributed by atoms with Crippen LogP contribution in [-0.4, -0.2) is 19.6 Å². The first-order valence-corrected chi connectivity index (χ1v) is 8.21. The monoisotopic (exact) mass is 274 g/mol. The van der Waals surface area contributed by atoms with E-state index in [0.29, 0.717) is 5.41 Å². The van der Waals surface area contributed by atoms with Crippen molar-refractivity contribution in [3.8, 4) is 0 Å². The van der Waals surface area contributed by atoms with Crippen LogP contribution in [0.25, 0.3) is 0 Å². The van der Waals surface area contributed by atoms with Crippen LogP contribution >= 0.6 is 0 Å². The van der Waals surface area contributed by atoms with Gasteiger partial charge in [-0.1, -0.05) is 37.8 Å². The van der Waals surface area contributed by atoms with Gasteiger partial charge in [-0.25, -0.2) is 0 Å². The van der Waals surface area contributed by atoms with E-state index in [0.717, 1.165) is 19.6 Å². The second-order valence-electron chi connectivity index (χ2n) is 6.47. The topological polar surface area (TPSA) is 29.3 Å². The maximum Gasteiger partial charge on any atom is 0.0368 e. The minimum Gasteiger partial charge on any atom is -0.371 e. The van der Waals surface area contributed by atoms with Crippen molar-refractivity contribution in [2.45, 2.75) is 52.4 Å². The maximum atomic E-state index is 6.19. The fourth-order valence-corrected chi connectivity index (χ4v) is 3.52.